The van der Waals surface area contributed by atoms with Crippen molar-refractivity contribution < 1.29 is 0 Å². The van der Waals surface area contributed by atoms with Crippen molar-refractivity contribution in [2.75, 3.05) is 0 Å². The number of hydrogen-bond acceptors (Lipinski definition) is 1. The van der Waals surface area contributed by atoms with Crippen LogP contribution in [0.4, 0.5) is 0 Å². The molecule has 0 fully saturated rings. The van der Waals surface area contributed by atoms with Crippen molar-refractivity contribution in [1.29, 1.82) is 0 Å². The second kappa shape index (κ2) is 4.83. The van der Waals surface area contributed by atoms with Crippen LogP contribution >= 0.6 is 23.2 Å². The van der Waals surface area contributed by atoms with E-state index in [0.717, 1.165) is 11.1 Å². The molecule has 2 N–H and O–H groups in total. The highest BCUT2D eigenvalue weighted by Crippen LogP contribution is 2.29. The summed E-state index contributed by atoms with van der Waals surface area (Å²) in [5, 5.41) is 1.23. The van der Waals surface area contributed by atoms with Gasteiger partial charge in [-0.2, -0.15) is 0 Å². The van der Waals surface area contributed by atoms with Crippen LogP contribution in [0.15, 0.2) is 29.8 Å². The van der Waals surface area contributed by atoms with Crippen LogP contribution in [0.2, 0.25) is 10.0 Å². The third-order valence-electron chi connectivity index (χ3n) is 1.85. The largest absolute Gasteiger partial charge is 0.321 e. The zero-order chi connectivity index (χ0) is 10.7. The van der Waals surface area contributed by atoms with Gasteiger partial charge < -0.3 is 5.73 Å². The number of hydrogen-bond donors (Lipinski definition) is 1. The molecule has 1 aromatic rings. The minimum absolute atomic E-state index is 0.235. The third-order valence-corrected chi connectivity index (χ3v) is 2.51. The van der Waals surface area contributed by atoms with Gasteiger partial charge in [0.05, 0.1) is 6.04 Å². The fourth-order valence-corrected chi connectivity index (χ4v) is 1.92. The molecule has 1 aromatic carbocycles. The maximum atomic E-state index is 6.01. The Balaban J connectivity index is 3.12. The summed E-state index contributed by atoms with van der Waals surface area (Å²) in [6.07, 6.45) is 1.94. The molecule has 1 atom stereocenters. The standard InChI is InChI=1S/C11H13Cl2N/c1-7(2)6-10(14)11-8(12)4-3-5-9(11)13/h3-6,10H,14H2,1-2H3. The van der Waals surface area contributed by atoms with E-state index < -0.39 is 0 Å². The Labute approximate surface area is 94.5 Å². The van der Waals surface area contributed by atoms with E-state index in [0.29, 0.717) is 10.0 Å². The van der Waals surface area contributed by atoms with Gasteiger partial charge in [-0.3, -0.25) is 0 Å². The van der Waals surface area contributed by atoms with Crippen LogP contribution < -0.4 is 5.73 Å². The second-order valence-corrected chi connectivity index (χ2v) is 4.22. The Kier molecular flexibility index (Phi) is 3.99. The van der Waals surface area contributed by atoms with Gasteiger partial charge in [0.2, 0.25) is 0 Å². The van der Waals surface area contributed by atoms with Crippen LogP contribution in [0.3, 0.4) is 0 Å². The first kappa shape index (κ1) is 11.6. The molecular formula is C11H13Cl2N. The van der Waals surface area contributed by atoms with Crippen molar-refractivity contribution in [1.82, 2.24) is 0 Å². The molecule has 0 aliphatic carbocycles. The van der Waals surface area contributed by atoms with E-state index in [9.17, 15) is 0 Å². The molecule has 0 saturated heterocycles. The summed E-state index contributed by atoms with van der Waals surface area (Å²) in [5.41, 5.74) is 7.89. The lowest BCUT2D eigenvalue weighted by Crippen LogP contribution is -2.08. The molecule has 0 radical (unpaired) electrons. The van der Waals surface area contributed by atoms with E-state index >= 15 is 0 Å². The fraction of sp³-hybridized carbons (Fsp3) is 0.273. The second-order valence-electron chi connectivity index (χ2n) is 3.41. The fourth-order valence-electron chi connectivity index (χ4n) is 1.27. The van der Waals surface area contributed by atoms with Crippen LogP contribution in [0.25, 0.3) is 0 Å². The number of halogens is 2. The molecular weight excluding hydrogens is 217 g/mol. The minimum Gasteiger partial charge on any atom is -0.321 e. The van der Waals surface area contributed by atoms with Gasteiger partial charge in [-0.05, 0) is 26.0 Å². The van der Waals surface area contributed by atoms with Gasteiger partial charge in [-0.15, -0.1) is 0 Å². The summed E-state index contributed by atoms with van der Waals surface area (Å²) in [6.45, 7) is 3.98. The average Bonchev–Trinajstić information content (AvgIpc) is 2.01. The van der Waals surface area contributed by atoms with Crippen molar-refractivity contribution in [2.45, 2.75) is 19.9 Å². The van der Waals surface area contributed by atoms with Crippen LogP contribution in [-0.2, 0) is 0 Å². The number of rotatable bonds is 2. The van der Waals surface area contributed by atoms with Gasteiger partial charge in [0, 0.05) is 15.6 Å². The van der Waals surface area contributed by atoms with Crippen molar-refractivity contribution >= 4 is 23.2 Å². The van der Waals surface area contributed by atoms with Crippen LogP contribution in [0.1, 0.15) is 25.5 Å². The summed E-state index contributed by atoms with van der Waals surface area (Å²) in [4.78, 5) is 0. The van der Waals surface area contributed by atoms with Crippen LogP contribution in [0, 0.1) is 0 Å². The monoisotopic (exact) mass is 229 g/mol. The molecule has 0 aliphatic heterocycles. The smallest absolute Gasteiger partial charge is 0.0513 e. The Morgan fingerprint density at radius 2 is 1.79 bits per heavy atom. The number of benzene rings is 1. The Bertz CT molecular complexity index is 334. The quantitative estimate of drug-likeness (QED) is 0.764. The summed E-state index contributed by atoms with van der Waals surface area (Å²) in [6, 6.07) is 5.16. The van der Waals surface area contributed by atoms with Gasteiger partial charge in [-0.1, -0.05) is 40.9 Å². The predicted octanol–water partition coefficient (Wildman–Crippen LogP) is 3.96. The third kappa shape index (κ3) is 2.74. The predicted molar refractivity (Wildman–Crippen MR) is 62.8 cm³/mol. The highest BCUT2D eigenvalue weighted by Gasteiger charge is 2.11. The summed E-state index contributed by atoms with van der Waals surface area (Å²) >= 11 is 12.0. The molecule has 0 saturated carbocycles. The van der Waals surface area contributed by atoms with E-state index in [-0.39, 0.29) is 6.04 Å². The topological polar surface area (TPSA) is 26.0 Å². The Morgan fingerprint density at radius 1 is 1.29 bits per heavy atom. The lowest BCUT2D eigenvalue weighted by Gasteiger charge is -2.12. The van der Waals surface area contributed by atoms with E-state index in [1.165, 1.54) is 0 Å². The molecule has 14 heavy (non-hydrogen) atoms. The molecule has 1 nitrogen and oxygen atoms in total. The Hall–Kier alpha value is -0.500. The van der Waals surface area contributed by atoms with Crippen LogP contribution in [0.5, 0.6) is 0 Å². The summed E-state index contributed by atoms with van der Waals surface area (Å²) in [5.74, 6) is 0. The number of allylic oxidation sites excluding steroid dienone is 1. The first-order valence-corrected chi connectivity index (χ1v) is 5.12. The molecule has 0 bridgehead atoms. The molecule has 3 heteroatoms. The molecule has 0 aromatic heterocycles. The van der Waals surface area contributed by atoms with Gasteiger partial charge >= 0.3 is 0 Å². The maximum Gasteiger partial charge on any atom is 0.0513 e. The van der Waals surface area contributed by atoms with E-state index in [1.54, 1.807) is 12.1 Å². The summed E-state index contributed by atoms with van der Waals surface area (Å²) in [7, 11) is 0. The molecule has 0 spiro atoms. The SMILES string of the molecule is CC(C)=CC(N)c1c(Cl)cccc1Cl. The van der Waals surface area contributed by atoms with Crippen LogP contribution in [-0.4, -0.2) is 0 Å². The molecule has 76 valence electrons. The van der Waals surface area contributed by atoms with E-state index in [4.69, 9.17) is 28.9 Å². The van der Waals surface area contributed by atoms with E-state index in [2.05, 4.69) is 0 Å². The van der Waals surface area contributed by atoms with E-state index in [1.807, 2.05) is 26.0 Å². The zero-order valence-electron chi connectivity index (χ0n) is 8.22. The van der Waals surface area contributed by atoms with Gasteiger partial charge in [0.1, 0.15) is 0 Å². The first-order valence-electron chi connectivity index (χ1n) is 4.37. The van der Waals surface area contributed by atoms with Crippen molar-refractivity contribution in [3.8, 4) is 0 Å². The van der Waals surface area contributed by atoms with Gasteiger partial charge in [-0.25, -0.2) is 0 Å². The average molecular weight is 230 g/mol. The van der Waals surface area contributed by atoms with Crippen molar-refractivity contribution in [2.24, 2.45) is 5.73 Å². The molecule has 0 aliphatic rings. The summed E-state index contributed by atoms with van der Waals surface area (Å²) < 4.78 is 0. The molecule has 1 unspecified atom stereocenters. The molecule has 0 amide bonds. The highest BCUT2D eigenvalue weighted by molar-refractivity contribution is 6.36. The van der Waals surface area contributed by atoms with Gasteiger partial charge in [0.25, 0.3) is 0 Å². The highest BCUT2D eigenvalue weighted by atomic mass is 35.5. The molecule has 1 rings (SSSR count). The maximum absolute atomic E-state index is 6.01. The first-order chi connectivity index (χ1) is 6.52. The number of nitrogens with two attached hydrogens (primary N) is 1. The lowest BCUT2D eigenvalue weighted by atomic mass is 10.1. The lowest BCUT2D eigenvalue weighted by molar-refractivity contribution is 0.900. The van der Waals surface area contributed by atoms with Gasteiger partial charge in [0.15, 0.2) is 0 Å². The Morgan fingerprint density at radius 3 is 2.21 bits per heavy atom. The zero-order valence-corrected chi connectivity index (χ0v) is 9.73. The normalized spacial score (nSPS) is 12.4. The molecule has 0 heterocycles. The van der Waals surface area contributed by atoms with Crippen molar-refractivity contribution in [3.05, 3.63) is 45.5 Å². The van der Waals surface area contributed by atoms with Crippen molar-refractivity contribution in [3.63, 3.8) is 0 Å². The minimum atomic E-state index is -0.235.